The first-order valence-corrected chi connectivity index (χ1v) is 9.78. The molecule has 6 nitrogen and oxygen atoms in total. The van der Waals surface area contributed by atoms with Crippen LogP contribution in [-0.2, 0) is 14.6 Å². The number of fused-ring (bicyclic) bond motifs is 2. The van der Waals surface area contributed by atoms with E-state index in [1.165, 1.54) is 19.3 Å². The lowest BCUT2D eigenvalue weighted by Crippen LogP contribution is -2.57. The molecule has 1 amide bonds. The number of hydrogen-bond donors (Lipinski definition) is 2. The summed E-state index contributed by atoms with van der Waals surface area (Å²) < 4.78 is 22.2. The molecular formula is C14H27N3O3S. The SMILES string of the molecule is CN1C2CCCC1CC(NC(=O)C(N)CCS(C)(=O)=O)C2. The fourth-order valence-corrected chi connectivity index (χ4v) is 4.20. The normalized spacial score (nSPS) is 31.7. The fourth-order valence-electron chi connectivity index (χ4n) is 3.51. The first-order valence-electron chi connectivity index (χ1n) is 7.72. The molecule has 0 spiro atoms. The third kappa shape index (κ3) is 4.66. The van der Waals surface area contributed by atoms with Crippen molar-refractivity contribution >= 4 is 15.7 Å². The van der Waals surface area contributed by atoms with Gasteiger partial charge in [0.2, 0.25) is 5.91 Å². The van der Waals surface area contributed by atoms with Crippen molar-refractivity contribution in [3.8, 4) is 0 Å². The molecule has 0 aromatic heterocycles. The second-order valence-electron chi connectivity index (χ2n) is 6.61. The van der Waals surface area contributed by atoms with Crippen LogP contribution in [0.5, 0.6) is 0 Å². The lowest BCUT2D eigenvalue weighted by atomic mass is 9.82. The molecule has 0 saturated carbocycles. The molecule has 2 rings (SSSR count). The summed E-state index contributed by atoms with van der Waals surface area (Å²) in [5, 5.41) is 3.02. The van der Waals surface area contributed by atoms with E-state index in [1.807, 2.05) is 0 Å². The highest BCUT2D eigenvalue weighted by atomic mass is 32.2. The first kappa shape index (κ1) is 16.7. The largest absolute Gasteiger partial charge is 0.352 e. The fraction of sp³-hybridized carbons (Fsp3) is 0.929. The Labute approximate surface area is 127 Å². The van der Waals surface area contributed by atoms with Gasteiger partial charge in [-0.15, -0.1) is 0 Å². The van der Waals surface area contributed by atoms with Crippen LogP contribution in [0.15, 0.2) is 0 Å². The van der Waals surface area contributed by atoms with Crippen molar-refractivity contribution in [3.63, 3.8) is 0 Å². The van der Waals surface area contributed by atoms with E-state index in [9.17, 15) is 13.2 Å². The summed E-state index contributed by atoms with van der Waals surface area (Å²) in [4.78, 5) is 14.5. The summed E-state index contributed by atoms with van der Waals surface area (Å²) in [5.74, 6) is -0.258. The second kappa shape index (κ2) is 6.62. The van der Waals surface area contributed by atoms with Gasteiger partial charge in [0.15, 0.2) is 0 Å². The van der Waals surface area contributed by atoms with Gasteiger partial charge in [-0.05, 0) is 39.2 Å². The molecular weight excluding hydrogens is 290 g/mol. The van der Waals surface area contributed by atoms with Crippen LogP contribution in [0, 0.1) is 0 Å². The molecule has 3 unspecified atom stereocenters. The maximum Gasteiger partial charge on any atom is 0.237 e. The number of nitrogens with two attached hydrogens (primary N) is 1. The van der Waals surface area contributed by atoms with Crippen molar-refractivity contribution in [1.29, 1.82) is 0 Å². The summed E-state index contributed by atoms with van der Waals surface area (Å²) in [5.41, 5.74) is 5.80. The molecule has 3 atom stereocenters. The van der Waals surface area contributed by atoms with Crippen LogP contribution in [0.1, 0.15) is 38.5 Å². The molecule has 3 N–H and O–H groups in total. The Hall–Kier alpha value is -0.660. The van der Waals surface area contributed by atoms with E-state index in [-0.39, 0.29) is 24.1 Å². The Morgan fingerprint density at radius 3 is 2.43 bits per heavy atom. The van der Waals surface area contributed by atoms with Crippen molar-refractivity contribution in [2.45, 2.75) is 62.7 Å². The van der Waals surface area contributed by atoms with Crippen LogP contribution >= 0.6 is 0 Å². The summed E-state index contributed by atoms with van der Waals surface area (Å²) in [6, 6.07) is 0.539. The summed E-state index contributed by atoms with van der Waals surface area (Å²) in [7, 11) is -0.901. The number of nitrogens with zero attached hydrogens (tertiary/aromatic N) is 1. The van der Waals surface area contributed by atoms with Crippen molar-refractivity contribution in [2.75, 3.05) is 19.1 Å². The number of carbonyl (C=O) groups is 1. The molecule has 0 aromatic carbocycles. The van der Waals surface area contributed by atoms with Gasteiger partial charge in [0.1, 0.15) is 9.84 Å². The van der Waals surface area contributed by atoms with Gasteiger partial charge in [-0.25, -0.2) is 8.42 Å². The number of hydrogen-bond acceptors (Lipinski definition) is 5. The smallest absolute Gasteiger partial charge is 0.237 e. The van der Waals surface area contributed by atoms with Crippen molar-refractivity contribution in [2.24, 2.45) is 5.73 Å². The van der Waals surface area contributed by atoms with E-state index >= 15 is 0 Å². The van der Waals surface area contributed by atoms with Gasteiger partial charge in [0, 0.05) is 24.4 Å². The van der Waals surface area contributed by atoms with Crippen LogP contribution in [0.3, 0.4) is 0 Å². The van der Waals surface area contributed by atoms with Crippen LogP contribution in [0.4, 0.5) is 0 Å². The molecule has 0 aliphatic carbocycles. The highest BCUT2D eigenvalue weighted by Gasteiger charge is 2.36. The lowest BCUT2D eigenvalue weighted by molar-refractivity contribution is -0.123. The van der Waals surface area contributed by atoms with Gasteiger partial charge in [0.25, 0.3) is 0 Å². The first-order chi connectivity index (χ1) is 9.76. The van der Waals surface area contributed by atoms with E-state index in [0.29, 0.717) is 12.1 Å². The maximum absolute atomic E-state index is 12.1. The number of carbonyl (C=O) groups excluding carboxylic acids is 1. The average molecular weight is 317 g/mol. The molecule has 2 saturated heterocycles. The second-order valence-corrected chi connectivity index (χ2v) is 8.87. The van der Waals surface area contributed by atoms with Crippen LogP contribution in [-0.4, -0.2) is 62.4 Å². The maximum atomic E-state index is 12.1. The van der Waals surface area contributed by atoms with E-state index in [4.69, 9.17) is 5.73 Å². The topological polar surface area (TPSA) is 92.5 Å². The summed E-state index contributed by atoms with van der Waals surface area (Å²) in [6.45, 7) is 0. The van der Waals surface area contributed by atoms with Gasteiger partial charge in [-0.1, -0.05) is 6.42 Å². The molecule has 2 aliphatic rings. The molecule has 122 valence electrons. The molecule has 21 heavy (non-hydrogen) atoms. The van der Waals surface area contributed by atoms with E-state index in [2.05, 4.69) is 17.3 Å². The number of amides is 1. The van der Waals surface area contributed by atoms with Crippen molar-refractivity contribution in [3.05, 3.63) is 0 Å². The Morgan fingerprint density at radius 2 is 1.90 bits per heavy atom. The Balaban J connectivity index is 1.83. The summed E-state index contributed by atoms with van der Waals surface area (Å²) in [6.07, 6.45) is 6.95. The molecule has 7 heteroatoms. The minimum absolute atomic E-state index is 0.0414. The minimum Gasteiger partial charge on any atom is -0.352 e. The predicted octanol–water partition coefficient (Wildman–Crippen LogP) is -0.120. The molecule has 2 aliphatic heterocycles. The Kier molecular flexibility index (Phi) is 5.27. The highest BCUT2D eigenvalue weighted by Crippen LogP contribution is 2.32. The highest BCUT2D eigenvalue weighted by molar-refractivity contribution is 7.90. The molecule has 2 heterocycles. The zero-order valence-electron chi connectivity index (χ0n) is 12.9. The zero-order valence-corrected chi connectivity index (χ0v) is 13.7. The molecule has 0 aromatic rings. The lowest BCUT2D eigenvalue weighted by Gasteiger charge is -2.47. The standard InChI is InChI=1S/C14H27N3O3S/c1-17-11-4-3-5-12(17)9-10(8-11)16-14(18)13(15)6-7-21(2,19)20/h10-13H,3-9,15H2,1-2H3,(H,16,18). The number of piperidine rings is 2. The average Bonchev–Trinajstić information content (AvgIpc) is 2.36. The quantitative estimate of drug-likeness (QED) is 0.737. The molecule has 2 bridgehead atoms. The third-order valence-corrected chi connectivity index (χ3v) is 5.80. The van der Waals surface area contributed by atoms with E-state index < -0.39 is 15.9 Å². The zero-order chi connectivity index (χ0) is 15.6. The Bertz CT molecular complexity index is 466. The molecule has 0 radical (unpaired) electrons. The van der Waals surface area contributed by atoms with Crippen LogP contribution in [0.25, 0.3) is 0 Å². The van der Waals surface area contributed by atoms with Crippen molar-refractivity contribution in [1.82, 2.24) is 10.2 Å². The monoisotopic (exact) mass is 317 g/mol. The Morgan fingerprint density at radius 1 is 1.33 bits per heavy atom. The van der Waals surface area contributed by atoms with Crippen LogP contribution in [0.2, 0.25) is 0 Å². The van der Waals surface area contributed by atoms with Gasteiger partial charge < -0.3 is 16.0 Å². The third-order valence-electron chi connectivity index (χ3n) is 4.82. The van der Waals surface area contributed by atoms with E-state index in [0.717, 1.165) is 19.1 Å². The van der Waals surface area contributed by atoms with E-state index in [1.54, 1.807) is 0 Å². The van der Waals surface area contributed by atoms with Gasteiger partial charge in [-0.2, -0.15) is 0 Å². The number of nitrogens with one attached hydrogen (secondary N) is 1. The van der Waals surface area contributed by atoms with Gasteiger partial charge >= 0.3 is 0 Å². The predicted molar refractivity (Wildman–Crippen MR) is 82.7 cm³/mol. The number of sulfone groups is 1. The van der Waals surface area contributed by atoms with Gasteiger partial charge in [-0.3, -0.25) is 4.79 Å². The van der Waals surface area contributed by atoms with Gasteiger partial charge in [0.05, 0.1) is 11.8 Å². The number of rotatable bonds is 5. The van der Waals surface area contributed by atoms with Crippen molar-refractivity contribution < 1.29 is 13.2 Å². The van der Waals surface area contributed by atoms with Crippen LogP contribution < -0.4 is 11.1 Å². The summed E-state index contributed by atoms with van der Waals surface area (Å²) >= 11 is 0. The minimum atomic E-state index is -3.07. The molecule has 2 fully saturated rings.